The van der Waals surface area contributed by atoms with Gasteiger partial charge in [0.25, 0.3) is 5.82 Å². The first-order chi connectivity index (χ1) is 37.0. The number of fused-ring (bicyclic) bond motifs is 4. The van der Waals surface area contributed by atoms with Crippen molar-refractivity contribution in [2.24, 2.45) is 45.3 Å². The Hall–Kier alpha value is -4.66. The summed E-state index contributed by atoms with van der Waals surface area (Å²) in [5.74, 6) is 3.81. The van der Waals surface area contributed by atoms with Gasteiger partial charge in [-0.15, -0.1) is 0 Å². The molecule has 4 aliphatic carbocycles. The average Bonchev–Trinajstić information content (AvgIpc) is 4.23. The van der Waals surface area contributed by atoms with Crippen molar-refractivity contribution in [3.8, 4) is 0 Å². The Morgan fingerprint density at radius 3 is 1.68 bits per heavy atom. The van der Waals surface area contributed by atoms with E-state index in [1.807, 2.05) is 4.57 Å². The molecule has 10 rings (SSSR count). The second kappa shape index (κ2) is 23.1. The van der Waals surface area contributed by atoms with E-state index in [1.165, 1.54) is 94.3 Å². The van der Waals surface area contributed by atoms with Crippen LogP contribution in [-0.4, -0.2) is 121 Å². The summed E-state index contributed by atoms with van der Waals surface area (Å²) in [6.07, 6.45) is 22.2. The van der Waals surface area contributed by atoms with E-state index < -0.39 is 55.7 Å². The van der Waals surface area contributed by atoms with Crippen LogP contribution in [0.3, 0.4) is 0 Å². The number of ether oxygens (including phenoxy) is 2. The number of nitrogens with zero attached hydrogens (tertiary/aromatic N) is 8. The van der Waals surface area contributed by atoms with Gasteiger partial charge in [-0.1, -0.05) is 120 Å². The third kappa shape index (κ3) is 11.0. The molecule has 0 spiro atoms. The van der Waals surface area contributed by atoms with Gasteiger partial charge in [-0.25, -0.2) is 24.5 Å². The molecule has 2 unspecified atom stereocenters. The predicted octanol–water partition coefficient (Wildman–Crippen LogP) is 7.81. The lowest BCUT2D eigenvalue weighted by Gasteiger charge is -2.53. The molecule has 18 nitrogen and oxygen atoms in total. The minimum atomic E-state index is -1.21. The number of imidazole rings is 2. The summed E-state index contributed by atoms with van der Waals surface area (Å²) in [6, 6.07) is 0. The lowest BCUT2D eigenvalue weighted by atomic mass is 9.52. The average molecular weight is 1080 g/mol. The van der Waals surface area contributed by atoms with Crippen LogP contribution >= 0.6 is 0 Å². The Bertz CT molecular complexity index is 2890. The zero-order valence-electron chi connectivity index (χ0n) is 48.0. The quantitative estimate of drug-likeness (QED) is 0.0417. The lowest BCUT2D eigenvalue weighted by Crippen LogP contribution is -2.43. The first-order valence-corrected chi connectivity index (χ1v) is 28.9. The van der Waals surface area contributed by atoms with Crippen LogP contribution < -0.4 is 15.6 Å². The molecule has 2 saturated heterocycles. The van der Waals surface area contributed by atoms with Crippen molar-refractivity contribution in [2.45, 2.75) is 202 Å². The molecule has 0 aromatic carbocycles. The summed E-state index contributed by atoms with van der Waals surface area (Å²) in [5.41, 5.74) is 15.9. The predicted molar refractivity (Wildman–Crippen MR) is 300 cm³/mol. The van der Waals surface area contributed by atoms with E-state index in [0.29, 0.717) is 92.4 Å². The van der Waals surface area contributed by atoms with E-state index in [-0.39, 0.29) is 6.61 Å². The minimum Gasteiger partial charge on any atom is -0.394 e. The Kier molecular flexibility index (Phi) is 17.2. The zero-order chi connectivity index (χ0) is 56.1. The van der Waals surface area contributed by atoms with Gasteiger partial charge in [-0.3, -0.25) is 9.13 Å². The summed E-state index contributed by atoms with van der Waals surface area (Å²) >= 11 is 0. The molecule has 2 saturated carbocycles. The van der Waals surface area contributed by atoms with Crippen LogP contribution in [0.2, 0.25) is 0 Å². The number of hydrogen-bond acceptors (Lipinski definition) is 15. The Labute approximate surface area is 461 Å². The van der Waals surface area contributed by atoms with Crippen LogP contribution in [0.4, 0.5) is 11.6 Å². The van der Waals surface area contributed by atoms with Crippen molar-refractivity contribution >= 4 is 34.0 Å². The third-order valence-electron chi connectivity index (χ3n) is 20.2. The van der Waals surface area contributed by atoms with Crippen molar-refractivity contribution in [1.82, 2.24) is 34.1 Å². The minimum absolute atomic E-state index is 0.311. The molecule has 0 radical (unpaired) electrons. The van der Waals surface area contributed by atoms with E-state index in [4.69, 9.17) is 15.2 Å². The highest BCUT2D eigenvalue weighted by Crippen LogP contribution is 2.59. The van der Waals surface area contributed by atoms with Crippen molar-refractivity contribution < 1.29 is 44.7 Å². The van der Waals surface area contributed by atoms with E-state index in [2.05, 4.69) is 124 Å². The molecular formula is C60H91N10O8+. The lowest BCUT2D eigenvalue weighted by molar-refractivity contribution is -0.674. The highest BCUT2D eigenvalue weighted by Gasteiger charge is 2.50. The molecule has 4 fully saturated rings. The maximum absolute atomic E-state index is 10.4. The number of nitrogens with two attached hydrogens (primary N) is 1. The van der Waals surface area contributed by atoms with Gasteiger partial charge in [0, 0.05) is 6.54 Å². The fourth-order valence-corrected chi connectivity index (χ4v) is 14.3. The largest absolute Gasteiger partial charge is 0.394 e. The van der Waals surface area contributed by atoms with Crippen LogP contribution in [0.15, 0.2) is 71.9 Å². The summed E-state index contributed by atoms with van der Waals surface area (Å²) in [4.78, 5) is 22.1. The van der Waals surface area contributed by atoms with E-state index in [0.717, 1.165) is 12.8 Å². The maximum atomic E-state index is 10.4. The van der Waals surface area contributed by atoms with E-state index >= 15 is 0 Å². The SMILES string of the molecule is C/C(=C\CNc1ncnc2c1ncn2[C@@H]1O[C@H](CO)C(O)[C@@H]1O)CC[C@@]1(C)[C@@H]2CCCC(C)(C)C2=CC[C@@H]1C.C/C(=C\C[n+]1cnc2c(ncn2[C@@H]2O[C@H](CO)C(O)[C@@H]2O)c1N)CC[C@@]1(C)[C@@H]2CCCC(C)(C)C2=CC[C@@H]1C. The van der Waals surface area contributed by atoms with Gasteiger partial charge in [0.1, 0.15) is 49.3 Å². The number of anilines is 2. The van der Waals surface area contributed by atoms with Crippen LogP contribution in [-0.2, 0) is 16.0 Å². The Balaban J connectivity index is 0.000000190. The smallest absolute Gasteiger partial charge is 0.251 e. The van der Waals surface area contributed by atoms with Gasteiger partial charge in [-0.2, -0.15) is 0 Å². The molecule has 4 aromatic heterocycles. The van der Waals surface area contributed by atoms with Gasteiger partial charge >= 0.3 is 0 Å². The van der Waals surface area contributed by atoms with E-state index in [1.54, 1.807) is 26.6 Å². The van der Waals surface area contributed by atoms with E-state index in [9.17, 15) is 30.6 Å². The fourth-order valence-electron chi connectivity index (χ4n) is 14.3. The van der Waals surface area contributed by atoms with Crippen molar-refractivity contribution in [1.29, 1.82) is 0 Å². The number of nitrogens with one attached hydrogen (secondary N) is 1. The van der Waals surface area contributed by atoms with Crippen molar-refractivity contribution in [2.75, 3.05) is 30.8 Å². The second-order valence-corrected chi connectivity index (χ2v) is 25.9. The number of aromatic nitrogens is 8. The van der Waals surface area contributed by atoms with Crippen LogP contribution in [0.1, 0.15) is 159 Å². The van der Waals surface area contributed by atoms with Crippen LogP contribution in [0, 0.1) is 45.3 Å². The first kappa shape index (κ1) is 58.0. The van der Waals surface area contributed by atoms with Gasteiger partial charge in [0.15, 0.2) is 35.0 Å². The molecule has 6 heterocycles. The van der Waals surface area contributed by atoms with Gasteiger partial charge in [0.2, 0.25) is 12.0 Å². The normalized spacial score (nSPS) is 34.7. The van der Waals surface area contributed by atoms with Gasteiger partial charge in [-0.05, 0) is 123 Å². The summed E-state index contributed by atoms with van der Waals surface area (Å²) in [5, 5.41) is 63.3. The topological polar surface area (TPSA) is 256 Å². The monoisotopic (exact) mass is 1080 g/mol. The van der Waals surface area contributed by atoms with Crippen LogP contribution in [0.25, 0.3) is 22.3 Å². The summed E-state index contributed by atoms with van der Waals surface area (Å²) in [7, 11) is 0. The zero-order valence-corrected chi connectivity index (χ0v) is 48.0. The summed E-state index contributed by atoms with van der Waals surface area (Å²) < 4.78 is 16.3. The number of rotatable bonds is 15. The Morgan fingerprint density at radius 1 is 0.692 bits per heavy atom. The molecule has 9 N–H and O–H groups in total. The molecule has 428 valence electrons. The van der Waals surface area contributed by atoms with Crippen LogP contribution in [0.5, 0.6) is 0 Å². The first-order valence-electron chi connectivity index (χ1n) is 28.9. The third-order valence-corrected chi connectivity index (χ3v) is 20.2. The summed E-state index contributed by atoms with van der Waals surface area (Å²) in [6.45, 7) is 24.5. The second-order valence-electron chi connectivity index (χ2n) is 25.9. The molecule has 0 amide bonds. The molecule has 6 aliphatic rings. The standard InChI is InChI=1S/2C30H45N5O4/c1-18(10-13-30(5)19(2)8-9-20-21(30)7-6-12-29(20,3)4)11-14-34-16-33-27-23(26(34)31)32-17-35(27)28-25(38)24(37)22(15-36)39-28;1-18(10-13-30(5)19(2)8-9-20-21(30)7-6-12-29(20,3)4)11-14-31-26-23-27(33-16-32-26)35(17-34-23)28-25(38)24(37)22(15-36)39-28/h9,11,16-17,19,21-22,24-25,28,31,36-38H,6-8,10,12-15H2,1-5H3;9,11,16-17,19,21-22,24-25,28,36-38H,6-8,10,12-15H2,1-5H3,(H,31,32,33)/p+1/b2*18-11+/t2*19-,21+,22+,24?,25-,28+,30+/m00/s1. The molecule has 14 atom stereocenters. The molecule has 0 bridgehead atoms. The number of nitrogen functional groups attached to an aromatic ring is 1. The molecule has 18 heteroatoms. The number of aliphatic hydroxyl groups excluding tert-OH is 6. The highest BCUT2D eigenvalue weighted by atomic mass is 16.6. The highest BCUT2D eigenvalue weighted by molar-refractivity contribution is 5.83. The molecule has 4 aromatic rings. The molecule has 78 heavy (non-hydrogen) atoms. The number of hydrogen-bond donors (Lipinski definition) is 8. The van der Waals surface area contributed by atoms with Gasteiger partial charge < -0.3 is 51.2 Å². The fraction of sp³-hybridized carbons (Fsp3) is 0.700. The van der Waals surface area contributed by atoms with Crippen molar-refractivity contribution in [3.05, 3.63) is 71.9 Å². The molecule has 2 aliphatic heterocycles. The van der Waals surface area contributed by atoms with Crippen molar-refractivity contribution in [3.63, 3.8) is 0 Å². The maximum Gasteiger partial charge on any atom is 0.251 e. The number of aliphatic hydroxyl groups is 6. The Morgan fingerprint density at radius 2 is 1.18 bits per heavy atom. The number of allylic oxidation sites excluding steroid dienone is 7. The van der Waals surface area contributed by atoms with Gasteiger partial charge in [0.05, 0.1) is 26.1 Å². The molecular weight excluding hydrogens is 989 g/mol.